The van der Waals surface area contributed by atoms with Crippen LogP contribution in [-0.4, -0.2) is 26.1 Å². The molecule has 0 saturated heterocycles. The molecule has 3 heteroatoms. The molecule has 0 aliphatic carbocycles. The number of carbonyl (C=O) groups is 1. The number of hydrogen-bond acceptors (Lipinski definition) is 3. The molecule has 1 aromatic carbocycles. The first-order valence-electron chi connectivity index (χ1n) is 5.03. The van der Waals surface area contributed by atoms with E-state index in [1.54, 1.807) is 31.4 Å². The summed E-state index contributed by atoms with van der Waals surface area (Å²) in [6.45, 7) is 2.94. The lowest BCUT2D eigenvalue weighted by Crippen LogP contribution is -2.04. The van der Waals surface area contributed by atoms with E-state index in [2.05, 4.69) is 0 Å². The Morgan fingerprint density at radius 2 is 1.87 bits per heavy atom. The average Bonchev–Trinajstić information content (AvgIpc) is 2.29. The molecule has 0 aliphatic rings. The van der Waals surface area contributed by atoms with Crippen LogP contribution in [0.4, 0.5) is 0 Å². The van der Waals surface area contributed by atoms with Crippen LogP contribution in [0.15, 0.2) is 24.3 Å². The van der Waals surface area contributed by atoms with Gasteiger partial charge in [-0.1, -0.05) is 6.92 Å². The monoisotopic (exact) mass is 208 g/mol. The Hall–Kier alpha value is -1.35. The summed E-state index contributed by atoms with van der Waals surface area (Å²) >= 11 is 0. The van der Waals surface area contributed by atoms with Crippen molar-refractivity contribution in [2.45, 2.75) is 13.3 Å². The van der Waals surface area contributed by atoms with Crippen LogP contribution in [0.1, 0.15) is 23.7 Å². The fourth-order valence-electron chi connectivity index (χ4n) is 1.18. The largest absolute Gasteiger partial charge is 0.491 e. The van der Waals surface area contributed by atoms with Gasteiger partial charge in [0.15, 0.2) is 5.78 Å². The van der Waals surface area contributed by atoms with Gasteiger partial charge in [0.05, 0.1) is 6.61 Å². The number of hydrogen-bond donors (Lipinski definition) is 0. The van der Waals surface area contributed by atoms with E-state index < -0.39 is 0 Å². The molecule has 0 aromatic heterocycles. The SMILES string of the molecule is CCC(=O)c1ccc(OCCOC)cc1. The Morgan fingerprint density at radius 3 is 2.40 bits per heavy atom. The summed E-state index contributed by atoms with van der Waals surface area (Å²) < 4.78 is 10.2. The lowest BCUT2D eigenvalue weighted by Gasteiger charge is -2.05. The van der Waals surface area contributed by atoms with Crippen LogP contribution in [0.5, 0.6) is 5.75 Å². The molecule has 0 radical (unpaired) electrons. The van der Waals surface area contributed by atoms with E-state index in [1.165, 1.54) is 0 Å². The van der Waals surface area contributed by atoms with Crippen LogP contribution in [0, 0.1) is 0 Å². The second-order valence-corrected chi connectivity index (χ2v) is 3.14. The molecule has 3 nitrogen and oxygen atoms in total. The van der Waals surface area contributed by atoms with Crippen LogP contribution >= 0.6 is 0 Å². The molecule has 0 saturated carbocycles. The first-order valence-corrected chi connectivity index (χ1v) is 5.03. The maximum absolute atomic E-state index is 11.3. The van der Waals surface area contributed by atoms with Crippen molar-refractivity contribution >= 4 is 5.78 Å². The lowest BCUT2D eigenvalue weighted by molar-refractivity contribution is 0.0988. The minimum absolute atomic E-state index is 0.151. The summed E-state index contributed by atoms with van der Waals surface area (Å²) in [5, 5.41) is 0. The van der Waals surface area contributed by atoms with Crippen molar-refractivity contribution in [2.75, 3.05) is 20.3 Å². The van der Waals surface area contributed by atoms with Gasteiger partial charge < -0.3 is 9.47 Å². The molecular formula is C12H16O3. The molecule has 0 spiro atoms. The number of carbonyl (C=O) groups excluding carboxylic acids is 1. The summed E-state index contributed by atoms with van der Waals surface area (Å²) in [5.74, 6) is 0.915. The zero-order valence-electron chi connectivity index (χ0n) is 9.16. The quantitative estimate of drug-likeness (QED) is 0.531. The number of rotatable bonds is 6. The highest BCUT2D eigenvalue weighted by atomic mass is 16.5. The van der Waals surface area contributed by atoms with Gasteiger partial charge in [-0.15, -0.1) is 0 Å². The van der Waals surface area contributed by atoms with E-state index in [-0.39, 0.29) is 5.78 Å². The van der Waals surface area contributed by atoms with Gasteiger partial charge in [0.25, 0.3) is 0 Å². The van der Waals surface area contributed by atoms with E-state index in [1.807, 2.05) is 6.92 Å². The van der Waals surface area contributed by atoms with Gasteiger partial charge in [0.1, 0.15) is 12.4 Å². The average molecular weight is 208 g/mol. The normalized spacial score (nSPS) is 10.0. The van der Waals surface area contributed by atoms with Crippen molar-refractivity contribution in [3.05, 3.63) is 29.8 Å². The molecule has 1 aromatic rings. The van der Waals surface area contributed by atoms with Crippen LogP contribution in [0.25, 0.3) is 0 Å². The summed E-state index contributed by atoms with van der Waals surface area (Å²) in [6.07, 6.45) is 0.532. The third-order valence-electron chi connectivity index (χ3n) is 2.05. The molecule has 1 rings (SSSR count). The number of ether oxygens (including phenoxy) is 2. The third kappa shape index (κ3) is 3.72. The number of methoxy groups -OCH3 is 1. The van der Waals surface area contributed by atoms with Gasteiger partial charge in [-0.3, -0.25) is 4.79 Å². The Labute approximate surface area is 90.0 Å². The second-order valence-electron chi connectivity index (χ2n) is 3.14. The molecule has 0 amide bonds. The van der Waals surface area contributed by atoms with E-state index in [0.29, 0.717) is 19.6 Å². The van der Waals surface area contributed by atoms with Gasteiger partial charge in [-0.2, -0.15) is 0 Å². The molecule has 0 atom stereocenters. The van der Waals surface area contributed by atoms with E-state index in [4.69, 9.17) is 9.47 Å². The highest BCUT2D eigenvalue weighted by Gasteiger charge is 2.02. The number of benzene rings is 1. The van der Waals surface area contributed by atoms with Gasteiger partial charge in [0.2, 0.25) is 0 Å². The first kappa shape index (κ1) is 11.7. The van der Waals surface area contributed by atoms with Crippen molar-refractivity contribution < 1.29 is 14.3 Å². The Morgan fingerprint density at radius 1 is 1.20 bits per heavy atom. The van der Waals surface area contributed by atoms with Crippen LogP contribution in [0.3, 0.4) is 0 Å². The Bertz CT molecular complexity index is 303. The maximum atomic E-state index is 11.3. The summed E-state index contributed by atoms with van der Waals surface area (Å²) in [5.41, 5.74) is 0.733. The smallest absolute Gasteiger partial charge is 0.162 e. The molecule has 0 N–H and O–H groups in total. The second kappa shape index (κ2) is 6.19. The summed E-state index contributed by atoms with van der Waals surface area (Å²) in [6, 6.07) is 7.18. The highest BCUT2D eigenvalue weighted by molar-refractivity contribution is 5.95. The van der Waals surface area contributed by atoms with Gasteiger partial charge in [-0.05, 0) is 24.3 Å². The molecule has 0 bridgehead atoms. The van der Waals surface area contributed by atoms with Crippen molar-refractivity contribution in [3.63, 3.8) is 0 Å². The minimum atomic E-state index is 0.151. The van der Waals surface area contributed by atoms with E-state index >= 15 is 0 Å². The fourth-order valence-corrected chi connectivity index (χ4v) is 1.18. The maximum Gasteiger partial charge on any atom is 0.162 e. The van der Waals surface area contributed by atoms with Gasteiger partial charge in [-0.25, -0.2) is 0 Å². The topological polar surface area (TPSA) is 35.5 Å². The van der Waals surface area contributed by atoms with E-state index in [9.17, 15) is 4.79 Å². The van der Waals surface area contributed by atoms with Crippen molar-refractivity contribution in [1.82, 2.24) is 0 Å². The molecule has 0 unspecified atom stereocenters. The lowest BCUT2D eigenvalue weighted by atomic mass is 10.1. The van der Waals surface area contributed by atoms with Crippen LogP contribution in [-0.2, 0) is 4.74 Å². The van der Waals surface area contributed by atoms with Crippen molar-refractivity contribution in [1.29, 1.82) is 0 Å². The van der Waals surface area contributed by atoms with Crippen molar-refractivity contribution in [2.24, 2.45) is 0 Å². The molecule has 0 fully saturated rings. The first-order chi connectivity index (χ1) is 7.27. The van der Waals surface area contributed by atoms with E-state index in [0.717, 1.165) is 11.3 Å². The molecule has 0 aliphatic heterocycles. The number of ketones is 1. The van der Waals surface area contributed by atoms with Gasteiger partial charge in [0, 0.05) is 19.1 Å². The Balaban J connectivity index is 2.52. The summed E-state index contributed by atoms with van der Waals surface area (Å²) in [7, 11) is 1.63. The number of Topliss-reactive ketones (excluding diaryl/α,β-unsaturated/α-hetero) is 1. The Kier molecular flexibility index (Phi) is 4.84. The van der Waals surface area contributed by atoms with Crippen LogP contribution in [0.2, 0.25) is 0 Å². The minimum Gasteiger partial charge on any atom is -0.491 e. The predicted molar refractivity (Wildman–Crippen MR) is 58.4 cm³/mol. The zero-order chi connectivity index (χ0) is 11.1. The molecule has 15 heavy (non-hydrogen) atoms. The molecule has 82 valence electrons. The van der Waals surface area contributed by atoms with Crippen LogP contribution < -0.4 is 4.74 Å². The zero-order valence-corrected chi connectivity index (χ0v) is 9.16. The van der Waals surface area contributed by atoms with Gasteiger partial charge >= 0.3 is 0 Å². The predicted octanol–water partition coefficient (Wildman–Crippen LogP) is 2.30. The standard InChI is InChI=1S/C12H16O3/c1-3-12(13)10-4-6-11(7-5-10)15-9-8-14-2/h4-7H,3,8-9H2,1-2H3. The molecular weight excluding hydrogens is 192 g/mol. The fraction of sp³-hybridized carbons (Fsp3) is 0.417. The third-order valence-corrected chi connectivity index (χ3v) is 2.05. The molecule has 0 heterocycles. The highest BCUT2D eigenvalue weighted by Crippen LogP contribution is 2.13. The summed E-state index contributed by atoms with van der Waals surface area (Å²) in [4.78, 5) is 11.3. The van der Waals surface area contributed by atoms with Crippen molar-refractivity contribution in [3.8, 4) is 5.75 Å².